The molecule has 0 amide bonds. The first-order valence-electron chi connectivity index (χ1n) is 6.25. The molecule has 0 heterocycles. The number of rotatable bonds is 8. The van der Waals surface area contributed by atoms with Crippen molar-refractivity contribution in [3.63, 3.8) is 0 Å². The minimum absolute atomic E-state index is 0.594. The van der Waals surface area contributed by atoms with E-state index < -0.39 is 0 Å². The first-order chi connectivity index (χ1) is 8.77. The Labute approximate surface area is 114 Å². The molecule has 0 unspecified atom stereocenters. The van der Waals surface area contributed by atoms with E-state index in [1.54, 1.807) is 12.1 Å². The fourth-order valence-electron chi connectivity index (χ4n) is 1.53. The van der Waals surface area contributed by atoms with Gasteiger partial charge in [-0.1, -0.05) is 24.6 Å². The third-order valence-corrected chi connectivity index (χ3v) is 2.84. The van der Waals surface area contributed by atoms with E-state index in [4.69, 9.17) is 21.6 Å². The van der Waals surface area contributed by atoms with Crippen LogP contribution in [-0.4, -0.2) is 19.8 Å². The van der Waals surface area contributed by atoms with Gasteiger partial charge in [0.2, 0.25) is 0 Å². The molecule has 1 N–H and O–H groups in total. The number of benzene rings is 1. The van der Waals surface area contributed by atoms with Crippen LogP contribution in [0.5, 0.6) is 0 Å². The van der Waals surface area contributed by atoms with E-state index in [0.29, 0.717) is 10.6 Å². The maximum Gasteiger partial charge on any atom is 0.0992 e. The Morgan fingerprint density at radius 2 is 2.22 bits per heavy atom. The number of hydrogen-bond donors (Lipinski definition) is 1. The third kappa shape index (κ3) is 5.50. The van der Waals surface area contributed by atoms with Crippen molar-refractivity contribution in [2.24, 2.45) is 0 Å². The Morgan fingerprint density at radius 1 is 1.39 bits per heavy atom. The van der Waals surface area contributed by atoms with Crippen molar-refractivity contribution in [3.8, 4) is 6.07 Å². The highest BCUT2D eigenvalue weighted by molar-refractivity contribution is 6.31. The molecule has 0 bridgehead atoms. The molecule has 0 aromatic heterocycles. The Kier molecular flexibility index (Phi) is 7.43. The van der Waals surface area contributed by atoms with E-state index in [0.717, 1.165) is 44.7 Å². The topological polar surface area (TPSA) is 45.0 Å². The standard InChI is InChI=1S/C14H19ClN2O/c1-2-7-18-8-3-6-17-11-13-5-4-12(10-16)9-14(13)15/h4-5,9,17H,2-3,6-8,11H2,1H3. The zero-order valence-corrected chi connectivity index (χ0v) is 11.5. The lowest BCUT2D eigenvalue weighted by molar-refractivity contribution is 0.132. The first kappa shape index (κ1) is 15.0. The number of ether oxygens (including phenoxy) is 1. The normalized spacial score (nSPS) is 10.3. The van der Waals surface area contributed by atoms with Crippen LogP contribution in [0.25, 0.3) is 0 Å². The molecule has 1 rings (SSSR count). The van der Waals surface area contributed by atoms with Crippen LogP contribution in [0.1, 0.15) is 30.9 Å². The molecule has 0 aliphatic carbocycles. The summed E-state index contributed by atoms with van der Waals surface area (Å²) in [6.45, 7) is 5.35. The second-order valence-electron chi connectivity index (χ2n) is 4.06. The van der Waals surface area contributed by atoms with Gasteiger partial charge in [0.05, 0.1) is 11.6 Å². The number of nitriles is 1. The Bertz CT molecular complexity index is 401. The monoisotopic (exact) mass is 266 g/mol. The summed E-state index contributed by atoms with van der Waals surface area (Å²) in [6.07, 6.45) is 2.06. The zero-order valence-electron chi connectivity index (χ0n) is 10.7. The van der Waals surface area contributed by atoms with Crippen LogP contribution in [-0.2, 0) is 11.3 Å². The summed E-state index contributed by atoms with van der Waals surface area (Å²) < 4.78 is 5.39. The van der Waals surface area contributed by atoms with Crippen LogP contribution in [0, 0.1) is 11.3 Å². The molecular weight excluding hydrogens is 248 g/mol. The van der Waals surface area contributed by atoms with Gasteiger partial charge in [0, 0.05) is 24.8 Å². The minimum Gasteiger partial charge on any atom is -0.381 e. The van der Waals surface area contributed by atoms with Crippen molar-refractivity contribution in [2.45, 2.75) is 26.3 Å². The summed E-state index contributed by atoms with van der Waals surface area (Å²) in [5, 5.41) is 12.7. The summed E-state index contributed by atoms with van der Waals surface area (Å²) in [4.78, 5) is 0. The molecule has 0 saturated heterocycles. The molecule has 0 radical (unpaired) electrons. The second-order valence-corrected chi connectivity index (χ2v) is 4.47. The van der Waals surface area contributed by atoms with Gasteiger partial charge in [0.25, 0.3) is 0 Å². The van der Waals surface area contributed by atoms with Crippen LogP contribution >= 0.6 is 11.6 Å². The van der Waals surface area contributed by atoms with Crippen molar-refractivity contribution >= 4 is 11.6 Å². The van der Waals surface area contributed by atoms with Crippen LogP contribution in [0.2, 0.25) is 5.02 Å². The molecular formula is C14H19ClN2O. The molecule has 0 spiro atoms. The van der Waals surface area contributed by atoms with Gasteiger partial charge in [-0.05, 0) is 37.1 Å². The molecule has 0 fully saturated rings. The molecule has 4 heteroatoms. The van der Waals surface area contributed by atoms with Gasteiger partial charge in [-0.2, -0.15) is 5.26 Å². The van der Waals surface area contributed by atoms with Crippen molar-refractivity contribution in [1.29, 1.82) is 5.26 Å². The lowest BCUT2D eigenvalue weighted by atomic mass is 10.1. The van der Waals surface area contributed by atoms with E-state index in [9.17, 15) is 0 Å². The van der Waals surface area contributed by atoms with Gasteiger partial charge in [-0.3, -0.25) is 0 Å². The molecule has 3 nitrogen and oxygen atoms in total. The molecule has 1 aromatic carbocycles. The van der Waals surface area contributed by atoms with E-state index in [1.807, 2.05) is 6.07 Å². The molecule has 0 aliphatic heterocycles. The van der Waals surface area contributed by atoms with Crippen LogP contribution in [0.4, 0.5) is 0 Å². The Morgan fingerprint density at radius 3 is 2.89 bits per heavy atom. The van der Waals surface area contributed by atoms with Gasteiger partial charge in [0.1, 0.15) is 0 Å². The SMILES string of the molecule is CCCOCCCNCc1ccc(C#N)cc1Cl. The number of hydrogen-bond acceptors (Lipinski definition) is 3. The van der Waals surface area contributed by atoms with E-state index in [-0.39, 0.29) is 0 Å². The van der Waals surface area contributed by atoms with Crippen molar-refractivity contribution in [3.05, 3.63) is 34.3 Å². The third-order valence-electron chi connectivity index (χ3n) is 2.49. The molecule has 0 aliphatic rings. The summed E-state index contributed by atoms with van der Waals surface area (Å²) in [7, 11) is 0. The van der Waals surface area contributed by atoms with Crippen molar-refractivity contribution < 1.29 is 4.74 Å². The molecule has 0 atom stereocenters. The van der Waals surface area contributed by atoms with E-state index in [1.165, 1.54) is 0 Å². The van der Waals surface area contributed by atoms with Gasteiger partial charge >= 0.3 is 0 Å². The largest absolute Gasteiger partial charge is 0.381 e. The number of nitrogens with one attached hydrogen (secondary N) is 1. The molecule has 18 heavy (non-hydrogen) atoms. The Hall–Kier alpha value is -1.08. The highest BCUT2D eigenvalue weighted by atomic mass is 35.5. The van der Waals surface area contributed by atoms with Crippen LogP contribution in [0.15, 0.2) is 18.2 Å². The van der Waals surface area contributed by atoms with E-state index in [2.05, 4.69) is 18.3 Å². The predicted octanol–water partition coefficient (Wildman–Crippen LogP) is 3.12. The average molecular weight is 267 g/mol. The second kappa shape index (κ2) is 8.93. The quantitative estimate of drug-likeness (QED) is 0.736. The number of halogens is 1. The predicted molar refractivity (Wildman–Crippen MR) is 73.6 cm³/mol. The van der Waals surface area contributed by atoms with Gasteiger partial charge < -0.3 is 10.1 Å². The maximum absolute atomic E-state index is 8.73. The molecule has 1 aromatic rings. The lowest BCUT2D eigenvalue weighted by Gasteiger charge is -2.07. The Balaban J connectivity index is 2.21. The van der Waals surface area contributed by atoms with Gasteiger partial charge in [-0.25, -0.2) is 0 Å². The number of nitrogens with zero attached hydrogens (tertiary/aromatic N) is 1. The maximum atomic E-state index is 8.73. The fourth-order valence-corrected chi connectivity index (χ4v) is 1.78. The molecule has 0 saturated carbocycles. The van der Waals surface area contributed by atoms with Crippen LogP contribution in [0.3, 0.4) is 0 Å². The minimum atomic E-state index is 0.594. The summed E-state index contributed by atoms with van der Waals surface area (Å²) >= 11 is 6.07. The van der Waals surface area contributed by atoms with Crippen molar-refractivity contribution in [1.82, 2.24) is 5.32 Å². The fraction of sp³-hybridized carbons (Fsp3) is 0.500. The highest BCUT2D eigenvalue weighted by Crippen LogP contribution is 2.17. The lowest BCUT2D eigenvalue weighted by Crippen LogP contribution is -2.16. The van der Waals surface area contributed by atoms with Crippen molar-refractivity contribution in [2.75, 3.05) is 19.8 Å². The zero-order chi connectivity index (χ0) is 13.2. The van der Waals surface area contributed by atoms with Crippen LogP contribution < -0.4 is 5.32 Å². The van der Waals surface area contributed by atoms with Gasteiger partial charge in [-0.15, -0.1) is 0 Å². The summed E-state index contributed by atoms with van der Waals surface area (Å²) in [5.41, 5.74) is 1.61. The summed E-state index contributed by atoms with van der Waals surface area (Å²) in [5.74, 6) is 0. The smallest absolute Gasteiger partial charge is 0.0992 e. The van der Waals surface area contributed by atoms with E-state index >= 15 is 0 Å². The van der Waals surface area contributed by atoms with Gasteiger partial charge in [0.15, 0.2) is 0 Å². The average Bonchev–Trinajstić information content (AvgIpc) is 2.39. The highest BCUT2D eigenvalue weighted by Gasteiger charge is 2.01. The first-order valence-corrected chi connectivity index (χ1v) is 6.62. The molecule has 98 valence electrons. The summed E-state index contributed by atoms with van der Waals surface area (Å²) in [6, 6.07) is 7.44.